The third-order valence-corrected chi connectivity index (χ3v) is 2.70. The van der Waals surface area contributed by atoms with Crippen LogP contribution in [-0.2, 0) is 0 Å². The lowest BCUT2D eigenvalue weighted by Crippen LogP contribution is -2.04. The van der Waals surface area contributed by atoms with Gasteiger partial charge in [0.2, 0.25) is 0 Å². The van der Waals surface area contributed by atoms with Crippen LogP contribution in [-0.4, -0.2) is 6.21 Å². The van der Waals surface area contributed by atoms with E-state index in [1.165, 1.54) is 0 Å². The molecule has 2 rings (SSSR count). The van der Waals surface area contributed by atoms with Crippen molar-refractivity contribution < 1.29 is 0 Å². The highest BCUT2D eigenvalue weighted by atomic mass is 35.5. The second-order valence-corrected chi connectivity index (χ2v) is 4.09. The van der Waals surface area contributed by atoms with E-state index < -0.39 is 0 Å². The molecule has 1 aliphatic carbocycles. The van der Waals surface area contributed by atoms with Crippen LogP contribution in [0.15, 0.2) is 52.7 Å². The molecular formula is C13H13ClN2. The van der Waals surface area contributed by atoms with Crippen molar-refractivity contribution >= 4 is 23.5 Å². The average Bonchev–Trinajstić information content (AvgIpc) is 2.30. The number of halogens is 1. The standard InChI is InChI=1S/C13H13ClN2/c14-11-5-7-12(8-6-11)16-9-10-3-1-2-4-13(10)15/h2,4-9H,1,3,15H2. The van der Waals surface area contributed by atoms with E-state index in [4.69, 9.17) is 17.3 Å². The predicted octanol–water partition coefficient (Wildman–Crippen LogP) is 3.61. The molecule has 1 aromatic rings. The van der Waals surface area contributed by atoms with E-state index in [0.29, 0.717) is 0 Å². The fourth-order valence-electron chi connectivity index (χ4n) is 1.52. The van der Waals surface area contributed by atoms with Crippen LogP contribution in [0, 0.1) is 0 Å². The molecule has 0 fully saturated rings. The van der Waals surface area contributed by atoms with Crippen LogP contribution in [0.2, 0.25) is 5.02 Å². The molecule has 16 heavy (non-hydrogen) atoms. The lowest BCUT2D eigenvalue weighted by Gasteiger charge is -2.07. The maximum absolute atomic E-state index is 5.85. The monoisotopic (exact) mass is 232 g/mol. The van der Waals surface area contributed by atoms with Crippen LogP contribution < -0.4 is 5.73 Å². The maximum atomic E-state index is 5.85. The summed E-state index contributed by atoms with van der Waals surface area (Å²) in [6.07, 6.45) is 7.84. The molecule has 0 saturated heterocycles. The minimum atomic E-state index is 0.721. The van der Waals surface area contributed by atoms with Crippen LogP contribution in [0.25, 0.3) is 0 Å². The van der Waals surface area contributed by atoms with Crippen LogP contribution in [0.1, 0.15) is 12.8 Å². The second kappa shape index (κ2) is 4.99. The normalized spacial score (nSPS) is 16.1. The van der Waals surface area contributed by atoms with Gasteiger partial charge in [-0.05, 0) is 48.8 Å². The molecular weight excluding hydrogens is 220 g/mol. The Hall–Kier alpha value is -1.54. The number of rotatable bonds is 2. The van der Waals surface area contributed by atoms with Gasteiger partial charge in [-0.1, -0.05) is 17.7 Å². The minimum Gasteiger partial charge on any atom is -0.398 e. The third kappa shape index (κ3) is 2.74. The van der Waals surface area contributed by atoms with E-state index in [0.717, 1.165) is 34.8 Å². The quantitative estimate of drug-likeness (QED) is 0.778. The SMILES string of the molecule is NC1=C(C=Nc2ccc(Cl)cc2)CCC=C1. The number of aliphatic imine (C=N–C) groups is 1. The topological polar surface area (TPSA) is 38.4 Å². The van der Waals surface area contributed by atoms with E-state index in [-0.39, 0.29) is 0 Å². The molecule has 82 valence electrons. The van der Waals surface area contributed by atoms with Crippen molar-refractivity contribution in [1.29, 1.82) is 0 Å². The predicted molar refractivity (Wildman–Crippen MR) is 69.2 cm³/mol. The summed E-state index contributed by atoms with van der Waals surface area (Å²) in [4.78, 5) is 4.37. The van der Waals surface area contributed by atoms with Crippen LogP contribution >= 0.6 is 11.6 Å². The van der Waals surface area contributed by atoms with Gasteiger partial charge in [0, 0.05) is 16.9 Å². The van der Waals surface area contributed by atoms with Crippen molar-refractivity contribution in [1.82, 2.24) is 0 Å². The molecule has 0 aliphatic heterocycles. The first-order chi connectivity index (χ1) is 7.75. The summed E-state index contributed by atoms with van der Waals surface area (Å²) < 4.78 is 0. The first kappa shape index (κ1) is 11.0. The van der Waals surface area contributed by atoms with E-state index in [9.17, 15) is 0 Å². The zero-order valence-electron chi connectivity index (χ0n) is 8.86. The van der Waals surface area contributed by atoms with Gasteiger partial charge in [0.25, 0.3) is 0 Å². The van der Waals surface area contributed by atoms with Gasteiger partial charge in [-0.3, -0.25) is 4.99 Å². The molecule has 0 heterocycles. The number of allylic oxidation sites excluding steroid dienone is 3. The molecule has 0 unspecified atom stereocenters. The maximum Gasteiger partial charge on any atom is 0.0630 e. The Morgan fingerprint density at radius 1 is 1.25 bits per heavy atom. The second-order valence-electron chi connectivity index (χ2n) is 3.66. The average molecular weight is 233 g/mol. The highest BCUT2D eigenvalue weighted by Gasteiger charge is 2.02. The van der Waals surface area contributed by atoms with E-state index in [2.05, 4.69) is 11.1 Å². The molecule has 2 N–H and O–H groups in total. The number of nitrogens with two attached hydrogens (primary N) is 1. The lowest BCUT2D eigenvalue weighted by molar-refractivity contribution is 0.981. The van der Waals surface area contributed by atoms with Gasteiger partial charge in [0.1, 0.15) is 0 Å². The van der Waals surface area contributed by atoms with E-state index in [1.807, 2.05) is 36.6 Å². The van der Waals surface area contributed by atoms with Gasteiger partial charge in [-0.25, -0.2) is 0 Å². The van der Waals surface area contributed by atoms with Crippen LogP contribution in [0.4, 0.5) is 5.69 Å². The summed E-state index contributed by atoms with van der Waals surface area (Å²) in [5.74, 6) is 0. The highest BCUT2D eigenvalue weighted by Crippen LogP contribution is 2.18. The summed E-state index contributed by atoms with van der Waals surface area (Å²) in [5.41, 5.74) is 8.64. The van der Waals surface area contributed by atoms with Gasteiger partial charge in [0.15, 0.2) is 0 Å². The van der Waals surface area contributed by atoms with Gasteiger partial charge in [-0.15, -0.1) is 0 Å². The van der Waals surface area contributed by atoms with Crippen LogP contribution in [0.3, 0.4) is 0 Å². The fourth-order valence-corrected chi connectivity index (χ4v) is 1.65. The minimum absolute atomic E-state index is 0.721. The zero-order chi connectivity index (χ0) is 11.4. The summed E-state index contributed by atoms with van der Waals surface area (Å²) in [5, 5.41) is 0.721. The van der Waals surface area contributed by atoms with E-state index >= 15 is 0 Å². The molecule has 0 aromatic heterocycles. The Morgan fingerprint density at radius 3 is 2.69 bits per heavy atom. The Labute approximate surface area is 100 Å². The highest BCUT2D eigenvalue weighted by molar-refractivity contribution is 6.30. The van der Waals surface area contributed by atoms with E-state index in [1.54, 1.807) is 0 Å². The first-order valence-electron chi connectivity index (χ1n) is 5.20. The molecule has 2 nitrogen and oxygen atoms in total. The van der Waals surface area contributed by atoms with Crippen LogP contribution in [0.5, 0.6) is 0 Å². The van der Waals surface area contributed by atoms with Crippen molar-refractivity contribution in [3.8, 4) is 0 Å². The van der Waals surface area contributed by atoms with Gasteiger partial charge in [0.05, 0.1) is 5.69 Å². The largest absolute Gasteiger partial charge is 0.398 e. The molecule has 1 aromatic carbocycles. The Kier molecular flexibility index (Phi) is 3.42. The molecule has 0 bridgehead atoms. The zero-order valence-corrected chi connectivity index (χ0v) is 9.61. The smallest absolute Gasteiger partial charge is 0.0630 e. The molecule has 0 atom stereocenters. The molecule has 0 saturated carbocycles. The van der Waals surface area contributed by atoms with Gasteiger partial charge >= 0.3 is 0 Å². The summed E-state index contributed by atoms with van der Waals surface area (Å²) >= 11 is 5.79. The van der Waals surface area contributed by atoms with Crippen molar-refractivity contribution in [2.24, 2.45) is 10.7 Å². The van der Waals surface area contributed by atoms with Crippen molar-refractivity contribution in [3.05, 3.63) is 52.7 Å². The van der Waals surface area contributed by atoms with Crippen molar-refractivity contribution in [2.75, 3.05) is 0 Å². The Balaban J connectivity index is 2.15. The number of hydrogen-bond donors (Lipinski definition) is 1. The fraction of sp³-hybridized carbons (Fsp3) is 0.154. The number of benzene rings is 1. The molecule has 0 spiro atoms. The van der Waals surface area contributed by atoms with Crippen molar-refractivity contribution in [3.63, 3.8) is 0 Å². The molecule has 1 aliphatic rings. The Morgan fingerprint density at radius 2 is 2.00 bits per heavy atom. The summed E-state index contributed by atoms with van der Waals surface area (Å²) in [6, 6.07) is 7.42. The summed E-state index contributed by atoms with van der Waals surface area (Å²) in [7, 11) is 0. The lowest BCUT2D eigenvalue weighted by atomic mass is 10.0. The van der Waals surface area contributed by atoms with Crippen molar-refractivity contribution in [2.45, 2.75) is 12.8 Å². The molecule has 0 amide bonds. The molecule has 3 heteroatoms. The Bertz CT molecular complexity index is 455. The number of hydrogen-bond acceptors (Lipinski definition) is 2. The van der Waals surface area contributed by atoms with Gasteiger partial charge in [-0.2, -0.15) is 0 Å². The summed E-state index contributed by atoms with van der Waals surface area (Å²) in [6.45, 7) is 0. The molecule has 0 radical (unpaired) electrons. The first-order valence-corrected chi connectivity index (χ1v) is 5.58. The number of nitrogens with zero attached hydrogens (tertiary/aromatic N) is 1. The third-order valence-electron chi connectivity index (χ3n) is 2.44. The van der Waals surface area contributed by atoms with Gasteiger partial charge < -0.3 is 5.73 Å².